The van der Waals surface area contributed by atoms with Gasteiger partial charge in [0.25, 0.3) is 0 Å². The van der Waals surface area contributed by atoms with Gasteiger partial charge in [-0.15, -0.1) is 0 Å². The summed E-state index contributed by atoms with van der Waals surface area (Å²) in [4.78, 5) is 5.13. The molecule has 0 saturated carbocycles. The molecule has 4 nitrogen and oxygen atoms in total. The van der Waals surface area contributed by atoms with Crippen molar-refractivity contribution in [3.05, 3.63) is 89.1 Å². The van der Waals surface area contributed by atoms with Gasteiger partial charge in [0.15, 0.2) is 0 Å². The molecular weight excluding hydrogens is 432 g/mol. The second kappa shape index (κ2) is 11.7. The van der Waals surface area contributed by atoms with Crippen molar-refractivity contribution in [2.75, 3.05) is 32.8 Å². The molecule has 1 aliphatic heterocycles. The molecule has 1 atom stereocenters. The number of hydrogen-bond acceptors (Lipinski definition) is 4. The Kier molecular flexibility index (Phi) is 8.48. The quantitative estimate of drug-likeness (QED) is 0.466. The monoisotopic (exact) mass is 472 g/mol. The smallest absolute Gasteiger partial charge is 0.115 e. The molecule has 0 unspecified atom stereocenters. The number of piperazine rings is 1. The third-order valence-electron chi connectivity index (χ3n) is 7.38. The highest BCUT2D eigenvalue weighted by Gasteiger charge is 2.27. The first kappa shape index (κ1) is 25.3. The van der Waals surface area contributed by atoms with Crippen LogP contribution in [0.25, 0.3) is 11.1 Å². The standard InChI is InChI=1S/C31H40N2O2/c1-23(2)32-17-19-33(20-18-32)30-16-13-27(22-24(30)3)31(26-11-14-28(35)15-12-26)29(10-7-21-34)25-8-5-4-6-9-25/h4-6,8-9,11-16,23-24,34-35H,7,10,17-22H2,1-3H3/b31-29-/t24-/m0/s1. The zero-order chi connectivity index (χ0) is 24.8. The van der Waals surface area contributed by atoms with Crippen molar-refractivity contribution in [3.63, 3.8) is 0 Å². The third kappa shape index (κ3) is 6.06. The molecule has 0 aromatic heterocycles. The molecule has 0 radical (unpaired) electrons. The fourth-order valence-corrected chi connectivity index (χ4v) is 5.44. The molecule has 1 saturated heterocycles. The van der Waals surface area contributed by atoms with E-state index in [1.807, 2.05) is 18.2 Å². The molecule has 186 valence electrons. The summed E-state index contributed by atoms with van der Waals surface area (Å²) in [5.74, 6) is 0.709. The SMILES string of the molecule is CC(C)N1CCN(C2=CC=C(/C(=C(/CCCO)c3ccccc3)c3ccc(O)cc3)C[C@@H]2C)CC1. The molecular formula is C31H40N2O2. The summed E-state index contributed by atoms with van der Waals surface area (Å²) in [6, 6.07) is 18.7. The first-order valence-electron chi connectivity index (χ1n) is 13.1. The van der Waals surface area contributed by atoms with Gasteiger partial charge in [-0.05, 0) is 79.2 Å². The third-order valence-corrected chi connectivity index (χ3v) is 7.38. The van der Waals surface area contributed by atoms with Crippen LogP contribution in [0.15, 0.2) is 78.0 Å². The fraction of sp³-hybridized carbons (Fsp3) is 0.419. The Labute approximate surface area is 210 Å². The zero-order valence-electron chi connectivity index (χ0n) is 21.5. The van der Waals surface area contributed by atoms with Gasteiger partial charge in [-0.2, -0.15) is 0 Å². The van der Waals surface area contributed by atoms with Crippen LogP contribution in [0.1, 0.15) is 51.2 Å². The Hall–Kier alpha value is -2.82. The van der Waals surface area contributed by atoms with E-state index in [4.69, 9.17) is 0 Å². The Morgan fingerprint density at radius 1 is 0.914 bits per heavy atom. The second-order valence-electron chi connectivity index (χ2n) is 10.1. The summed E-state index contributed by atoms with van der Waals surface area (Å²) in [5.41, 5.74) is 7.56. The van der Waals surface area contributed by atoms with Crippen LogP contribution in [0.5, 0.6) is 5.75 Å². The molecule has 1 heterocycles. The summed E-state index contributed by atoms with van der Waals surface area (Å²) in [6.45, 7) is 11.5. The van der Waals surface area contributed by atoms with Crippen molar-refractivity contribution in [2.24, 2.45) is 5.92 Å². The minimum absolute atomic E-state index is 0.168. The van der Waals surface area contributed by atoms with Crippen LogP contribution < -0.4 is 0 Å². The van der Waals surface area contributed by atoms with Gasteiger partial charge < -0.3 is 15.1 Å². The molecule has 35 heavy (non-hydrogen) atoms. The summed E-state index contributed by atoms with van der Waals surface area (Å²) >= 11 is 0. The lowest BCUT2D eigenvalue weighted by Crippen LogP contribution is -2.49. The van der Waals surface area contributed by atoms with E-state index >= 15 is 0 Å². The highest BCUT2D eigenvalue weighted by Crippen LogP contribution is 2.41. The number of allylic oxidation sites excluding steroid dienone is 6. The lowest BCUT2D eigenvalue weighted by atomic mass is 9.81. The number of rotatable bonds is 8. The minimum atomic E-state index is 0.168. The maximum Gasteiger partial charge on any atom is 0.115 e. The first-order chi connectivity index (χ1) is 17.0. The number of phenolic OH excluding ortho intramolecular Hbond substituents is 1. The van der Waals surface area contributed by atoms with Crippen molar-refractivity contribution in [1.29, 1.82) is 0 Å². The maximum absolute atomic E-state index is 9.94. The molecule has 1 fully saturated rings. The summed E-state index contributed by atoms with van der Waals surface area (Å²) in [7, 11) is 0. The van der Waals surface area contributed by atoms with Crippen LogP contribution in [0.2, 0.25) is 0 Å². The highest BCUT2D eigenvalue weighted by atomic mass is 16.3. The Morgan fingerprint density at radius 2 is 1.60 bits per heavy atom. The molecule has 2 N–H and O–H groups in total. The van der Waals surface area contributed by atoms with Crippen LogP contribution in [-0.2, 0) is 0 Å². The van der Waals surface area contributed by atoms with E-state index in [9.17, 15) is 10.2 Å². The van der Waals surface area contributed by atoms with Crippen LogP contribution in [-0.4, -0.2) is 58.8 Å². The molecule has 0 spiro atoms. The normalized spacial score (nSPS) is 19.9. The molecule has 2 aromatic carbocycles. The predicted molar refractivity (Wildman–Crippen MR) is 146 cm³/mol. The first-order valence-corrected chi connectivity index (χ1v) is 13.1. The molecule has 4 rings (SSSR count). The summed E-state index contributed by atoms with van der Waals surface area (Å²) < 4.78 is 0. The Balaban J connectivity index is 1.74. The Bertz CT molecular complexity index is 1060. The van der Waals surface area contributed by atoms with E-state index in [-0.39, 0.29) is 12.4 Å². The van der Waals surface area contributed by atoms with Gasteiger partial charge in [0.2, 0.25) is 0 Å². The highest BCUT2D eigenvalue weighted by molar-refractivity contribution is 5.98. The van der Waals surface area contributed by atoms with Gasteiger partial charge in [-0.3, -0.25) is 4.90 Å². The number of phenols is 1. The van der Waals surface area contributed by atoms with Crippen molar-refractivity contribution >= 4 is 11.1 Å². The van der Waals surface area contributed by atoms with E-state index in [2.05, 4.69) is 67.0 Å². The van der Waals surface area contributed by atoms with E-state index in [1.165, 1.54) is 28.0 Å². The average molecular weight is 473 g/mol. The van der Waals surface area contributed by atoms with Crippen LogP contribution in [0, 0.1) is 5.92 Å². The molecule has 0 bridgehead atoms. The van der Waals surface area contributed by atoms with Gasteiger partial charge in [-0.25, -0.2) is 0 Å². The van der Waals surface area contributed by atoms with Gasteiger partial charge in [-0.1, -0.05) is 55.5 Å². The number of hydrogen-bond donors (Lipinski definition) is 2. The van der Waals surface area contributed by atoms with E-state index in [0.717, 1.165) is 51.0 Å². The number of aliphatic hydroxyl groups excluding tert-OH is 1. The average Bonchev–Trinajstić information content (AvgIpc) is 2.88. The van der Waals surface area contributed by atoms with E-state index in [0.29, 0.717) is 12.0 Å². The van der Waals surface area contributed by atoms with Gasteiger partial charge in [0, 0.05) is 50.4 Å². The second-order valence-corrected chi connectivity index (χ2v) is 10.1. The van der Waals surface area contributed by atoms with Crippen molar-refractivity contribution in [1.82, 2.24) is 9.80 Å². The lowest BCUT2D eigenvalue weighted by molar-refractivity contribution is 0.122. The van der Waals surface area contributed by atoms with Gasteiger partial charge in [0.1, 0.15) is 5.75 Å². The van der Waals surface area contributed by atoms with Gasteiger partial charge in [0.05, 0.1) is 0 Å². The topological polar surface area (TPSA) is 46.9 Å². The summed E-state index contributed by atoms with van der Waals surface area (Å²) in [6.07, 6.45) is 7.14. The van der Waals surface area contributed by atoms with E-state index < -0.39 is 0 Å². The van der Waals surface area contributed by atoms with E-state index in [1.54, 1.807) is 12.1 Å². The number of benzene rings is 2. The molecule has 0 amide bonds. The predicted octanol–water partition coefficient (Wildman–Crippen LogP) is 5.95. The molecule has 1 aliphatic carbocycles. The van der Waals surface area contributed by atoms with Crippen LogP contribution in [0.3, 0.4) is 0 Å². The van der Waals surface area contributed by atoms with Crippen molar-refractivity contribution in [3.8, 4) is 5.75 Å². The maximum atomic E-state index is 9.94. The molecule has 4 heteroatoms. The molecule has 2 aromatic rings. The van der Waals surface area contributed by atoms with Crippen LogP contribution in [0.4, 0.5) is 0 Å². The number of aliphatic hydroxyl groups is 1. The zero-order valence-corrected chi connectivity index (χ0v) is 21.5. The minimum Gasteiger partial charge on any atom is -0.508 e. The largest absolute Gasteiger partial charge is 0.508 e. The number of nitrogens with zero attached hydrogens (tertiary/aromatic N) is 2. The van der Waals surface area contributed by atoms with Crippen molar-refractivity contribution < 1.29 is 10.2 Å². The molecule has 2 aliphatic rings. The van der Waals surface area contributed by atoms with Gasteiger partial charge >= 0.3 is 0 Å². The number of aromatic hydroxyl groups is 1. The van der Waals surface area contributed by atoms with Crippen molar-refractivity contribution in [2.45, 2.75) is 46.1 Å². The lowest BCUT2D eigenvalue weighted by Gasteiger charge is -2.41. The fourth-order valence-electron chi connectivity index (χ4n) is 5.44. The summed E-state index contributed by atoms with van der Waals surface area (Å²) in [5, 5.41) is 19.6. The van der Waals surface area contributed by atoms with Crippen LogP contribution >= 0.6 is 0 Å². The Morgan fingerprint density at radius 3 is 2.20 bits per heavy atom.